The highest BCUT2D eigenvalue weighted by Gasteiger charge is 2.27. The van der Waals surface area contributed by atoms with Crippen LogP contribution in [0.1, 0.15) is 43.5 Å². The van der Waals surface area contributed by atoms with Crippen LogP contribution in [-0.2, 0) is 33.4 Å². The van der Waals surface area contributed by atoms with Gasteiger partial charge in [-0.05, 0) is 50.0 Å². The summed E-state index contributed by atoms with van der Waals surface area (Å²) in [5.74, 6) is -0.105. The van der Waals surface area contributed by atoms with Crippen LogP contribution in [-0.4, -0.2) is 53.3 Å². The summed E-state index contributed by atoms with van der Waals surface area (Å²) in [6.07, 6.45) is 3.79. The molecule has 1 aliphatic heterocycles. The van der Waals surface area contributed by atoms with Crippen LogP contribution < -0.4 is 5.32 Å². The van der Waals surface area contributed by atoms with Gasteiger partial charge in [-0.15, -0.1) is 0 Å². The zero-order chi connectivity index (χ0) is 25.5. The lowest BCUT2D eigenvalue weighted by Crippen LogP contribution is -2.45. The van der Waals surface area contributed by atoms with Gasteiger partial charge >= 0.3 is 0 Å². The van der Waals surface area contributed by atoms with Crippen molar-refractivity contribution in [3.8, 4) is 0 Å². The minimum atomic E-state index is -3.68. The smallest absolute Gasteiger partial charge is 0.228 e. The van der Waals surface area contributed by atoms with Gasteiger partial charge in [-0.2, -0.15) is 0 Å². The average molecular weight is 527 g/mol. The Hall–Kier alpha value is -2.75. The first kappa shape index (κ1) is 26.3. The summed E-state index contributed by atoms with van der Waals surface area (Å²) in [6, 6.07) is 19.2. The molecule has 7 nitrogen and oxygen atoms in total. The summed E-state index contributed by atoms with van der Waals surface area (Å²) < 4.78 is 34.7. The zero-order valence-corrected chi connectivity index (χ0v) is 22.5. The SMILES string of the molecule is CC(C)NC(=S)N(Cc1cnc(S(=O)(=O)Cc2ccccc2)n1Cc1ccccc1)C[C@@H]1CCCO1. The molecule has 192 valence electrons. The van der Waals surface area contributed by atoms with E-state index in [0.29, 0.717) is 24.7 Å². The summed E-state index contributed by atoms with van der Waals surface area (Å²) in [6.45, 7) is 6.32. The maximum Gasteiger partial charge on any atom is 0.228 e. The van der Waals surface area contributed by atoms with Crippen molar-refractivity contribution < 1.29 is 13.2 Å². The Morgan fingerprint density at radius 2 is 1.81 bits per heavy atom. The molecule has 2 aromatic carbocycles. The number of imidazole rings is 1. The van der Waals surface area contributed by atoms with E-state index in [-0.39, 0.29) is 23.1 Å². The van der Waals surface area contributed by atoms with Gasteiger partial charge in [-0.3, -0.25) is 0 Å². The maximum atomic E-state index is 13.5. The van der Waals surface area contributed by atoms with Gasteiger partial charge in [-0.1, -0.05) is 60.7 Å². The number of nitrogens with one attached hydrogen (secondary N) is 1. The summed E-state index contributed by atoms with van der Waals surface area (Å²) in [4.78, 5) is 6.51. The molecule has 0 saturated carbocycles. The van der Waals surface area contributed by atoms with E-state index >= 15 is 0 Å². The quantitative estimate of drug-likeness (QED) is 0.398. The van der Waals surface area contributed by atoms with Crippen LogP contribution in [0, 0.1) is 0 Å². The van der Waals surface area contributed by atoms with Gasteiger partial charge in [0, 0.05) is 19.2 Å². The molecule has 1 aromatic heterocycles. The number of hydrogen-bond donors (Lipinski definition) is 1. The second-order valence-corrected chi connectivity index (χ2v) is 11.7. The Balaban J connectivity index is 1.67. The number of ether oxygens (including phenoxy) is 1. The highest BCUT2D eigenvalue weighted by Crippen LogP contribution is 2.22. The molecule has 0 unspecified atom stereocenters. The van der Waals surface area contributed by atoms with E-state index in [0.717, 1.165) is 36.3 Å². The second kappa shape index (κ2) is 12.0. The van der Waals surface area contributed by atoms with Crippen LogP contribution in [0.25, 0.3) is 0 Å². The largest absolute Gasteiger partial charge is 0.376 e. The third kappa shape index (κ3) is 6.93. The van der Waals surface area contributed by atoms with Crippen LogP contribution in [0.2, 0.25) is 0 Å². The maximum absolute atomic E-state index is 13.5. The van der Waals surface area contributed by atoms with Gasteiger partial charge < -0.3 is 19.5 Å². The van der Waals surface area contributed by atoms with Gasteiger partial charge in [0.25, 0.3) is 0 Å². The molecule has 0 amide bonds. The number of sulfone groups is 1. The van der Waals surface area contributed by atoms with Crippen LogP contribution >= 0.6 is 12.2 Å². The lowest BCUT2D eigenvalue weighted by Gasteiger charge is -2.29. The van der Waals surface area contributed by atoms with Crippen molar-refractivity contribution in [2.24, 2.45) is 0 Å². The van der Waals surface area contributed by atoms with Crippen molar-refractivity contribution >= 4 is 27.2 Å². The Bertz CT molecular complexity index is 1240. The predicted octanol–water partition coefficient (Wildman–Crippen LogP) is 4.17. The van der Waals surface area contributed by atoms with Crippen molar-refractivity contribution in [1.82, 2.24) is 19.8 Å². The van der Waals surface area contributed by atoms with E-state index in [2.05, 4.69) is 15.2 Å². The third-order valence-electron chi connectivity index (χ3n) is 6.06. The van der Waals surface area contributed by atoms with Crippen molar-refractivity contribution in [3.05, 3.63) is 83.7 Å². The fourth-order valence-electron chi connectivity index (χ4n) is 4.35. The van der Waals surface area contributed by atoms with E-state index < -0.39 is 9.84 Å². The van der Waals surface area contributed by atoms with Crippen LogP contribution in [0.15, 0.2) is 72.0 Å². The van der Waals surface area contributed by atoms with Crippen molar-refractivity contribution in [2.75, 3.05) is 13.2 Å². The van der Waals surface area contributed by atoms with Gasteiger partial charge in [0.2, 0.25) is 15.0 Å². The first-order valence-corrected chi connectivity index (χ1v) is 14.4. The Labute approximate surface area is 219 Å². The average Bonchev–Trinajstić information content (AvgIpc) is 3.50. The minimum absolute atomic E-state index is 0.0741. The molecule has 1 fully saturated rings. The molecule has 0 aliphatic carbocycles. The normalized spacial score (nSPS) is 15.8. The standard InChI is InChI=1S/C27H34N4O3S2/c1-21(2)29-26(35)30(19-25-14-9-15-34-25)18-24-16-28-27(31(24)17-22-10-5-3-6-11-22)36(32,33)20-23-12-7-4-8-13-23/h3-8,10-13,16,21,25H,9,14-15,17-20H2,1-2H3,(H,29,35)/t25-/m0/s1. The topological polar surface area (TPSA) is 76.5 Å². The fourth-order valence-corrected chi connectivity index (χ4v) is 6.21. The molecule has 3 aromatic rings. The van der Waals surface area contributed by atoms with Gasteiger partial charge in [0.15, 0.2) is 5.11 Å². The molecule has 1 N–H and O–H groups in total. The van der Waals surface area contributed by atoms with Crippen LogP contribution in [0.4, 0.5) is 0 Å². The predicted molar refractivity (Wildman–Crippen MR) is 145 cm³/mol. The van der Waals surface area contributed by atoms with Crippen molar-refractivity contribution in [3.63, 3.8) is 0 Å². The zero-order valence-electron chi connectivity index (χ0n) is 20.8. The molecule has 36 heavy (non-hydrogen) atoms. The lowest BCUT2D eigenvalue weighted by atomic mass is 10.2. The number of hydrogen-bond acceptors (Lipinski definition) is 5. The summed E-state index contributed by atoms with van der Waals surface area (Å²) in [7, 11) is -3.68. The van der Waals surface area contributed by atoms with Gasteiger partial charge in [0.05, 0.1) is 36.8 Å². The molecule has 1 atom stereocenters. The summed E-state index contributed by atoms with van der Waals surface area (Å²) >= 11 is 5.74. The number of benzene rings is 2. The molecule has 1 saturated heterocycles. The first-order valence-electron chi connectivity index (χ1n) is 12.3. The van der Waals surface area contributed by atoms with Crippen LogP contribution in [0.3, 0.4) is 0 Å². The lowest BCUT2D eigenvalue weighted by molar-refractivity contribution is 0.0891. The van der Waals surface area contributed by atoms with E-state index in [4.69, 9.17) is 17.0 Å². The van der Waals surface area contributed by atoms with Crippen LogP contribution in [0.5, 0.6) is 0 Å². The Morgan fingerprint density at radius 1 is 1.14 bits per heavy atom. The van der Waals surface area contributed by atoms with E-state index in [1.54, 1.807) is 6.20 Å². The van der Waals surface area contributed by atoms with E-state index in [9.17, 15) is 8.42 Å². The molecule has 0 radical (unpaired) electrons. The molecule has 0 spiro atoms. The summed E-state index contributed by atoms with van der Waals surface area (Å²) in [5.41, 5.74) is 2.52. The van der Waals surface area contributed by atoms with Crippen molar-refractivity contribution in [2.45, 2.75) is 62.8 Å². The second-order valence-electron chi connectivity index (χ2n) is 9.47. The number of rotatable bonds is 10. The monoisotopic (exact) mass is 526 g/mol. The number of thiocarbonyl (C=S) groups is 1. The fraction of sp³-hybridized carbons (Fsp3) is 0.407. The summed E-state index contributed by atoms with van der Waals surface area (Å²) in [5, 5.41) is 4.03. The Kier molecular flexibility index (Phi) is 8.77. The molecular weight excluding hydrogens is 492 g/mol. The highest BCUT2D eigenvalue weighted by molar-refractivity contribution is 7.90. The molecule has 1 aliphatic rings. The molecule has 4 rings (SSSR count). The van der Waals surface area contributed by atoms with Crippen molar-refractivity contribution in [1.29, 1.82) is 0 Å². The molecule has 2 heterocycles. The van der Waals surface area contributed by atoms with Gasteiger partial charge in [0.1, 0.15) is 0 Å². The molecular formula is C27H34N4O3S2. The third-order valence-corrected chi connectivity index (χ3v) is 8.03. The molecule has 9 heteroatoms. The number of aromatic nitrogens is 2. The van der Waals surface area contributed by atoms with E-state index in [1.165, 1.54) is 0 Å². The highest BCUT2D eigenvalue weighted by atomic mass is 32.2. The number of nitrogens with zero attached hydrogens (tertiary/aromatic N) is 3. The van der Waals surface area contributed by atoms with E-state index in [1.807, 2.05) is 79.1 Å². The Morgan fingerprint density at radius 3 is 2.42 bits per heavy atom. The van der Waals surface area contributed by atoms with Gasteiger partial charge in [-0.25, -0.2) is 13.4 Å². The first-order chi connectivity index (χ1) is 17.3. The molecule has 0 bridgehead atoms. The minimum Gasteiger partial charge on any atom is -0.376 e.